The Labute approximate surface area is 110 Å². The van der Waals surface area contributed by atoms with Crippen LogP contribution in [-0.2, 0) is 0 Å². The maximum Gasteiger partial charge on any atom is 0.161 e. The number of nitrogens with two attached hydrogens (primary N) is 1. The number of hydrogen-bond donors (Lipinski definition) is 2. The molecule has 0 aliphatic heterocycles. The molecule has 5 heteroatoms. The number of thiazole rings is 1. The third-order valence-electron chi connectivity index (χ3n) is 2.46. The molecule has 0 spiro atoms. The topological polar surface area (TPSA) is 50.9 Å². The minimum absolute atomic E-state index is 0.782. The predicted molar refractivity (Wildman–Crippen MR) is 77.9 cm³/mol. The van der Waals surface area contributed by atoms with E-state index < -0.39 is 0 Å². The van der Waals surface area contributed by atoms with E-state index in [1.54, 1.807) is 22.7 Å². The number of thiophene rings is 1. The Morgan fingerprint density at radius 2 is 2.29 bits per heavy atom. The van der Waals surface area contributed by atoms with Crippen LogP contribution in [0, 0.1) is 0 Å². The maximum absolute atomic E-state index is 5.96. The van der Waals surface area contributed by atoms with Crippen molar-refractivity contribution in [1.82, 2.24) is 4.98 Å². The Balaban J connectivity index is 1.99. The second-order valence-electron chi connectivity index (χ2n) is 3.84. The molecule has 0 fully saturated rings. The lowest BCUT2D eigenvalue weighted by atomic mass is 10.2. The summed E-state index contributed by atoms with van der Waals surface area (Å²) in [5, 5.41) is 7.16. The highest BCUT2D eigenvalue weighted by molar-refractivity contribution is 7.23. The molecule has 0 saturated carbocycles. The molecule has 0 radical (unpaired) electrons. The lowest BCUT2D eigenvalue weighted by molar-refractivity contribution is 0.743. The van der Waals surface area contributed by atoms with E-state index in [-0.39, 0.29) is 0 Å². The monoisotopic (exact) mass is 267 g/mol. The number of hydrogen-bond acceptors (Lipinski definition) is 5. The third-order valence-corrected chi connectivity index (χ3v) is 4.38. The second kappa shape index (κ2) is 6.02. The van der Waals surface area contributed by atoms with Crippen molar-refractivity contribution < 1.29 is 0 Å². The normalized spacial score (nSPS) is 10.6. The fourth-order valence-electron chi connectivity index (χ4n) is 1.55. The minimum atomic E-state index is 0.782. The van der Waals surface area contributed by atoms with Crippen molar-refractivity contribution in [1.29, 1.82) is 0 Å². The molecule has 0 amide bonds. The third kappa shape index (κ3) is 3.20. The summed E-state index contributed by atoms with van der Waals surface area (Å²) in [5.74, 6) is 0.842. The van der Waals surface area contributed by atoms with Gasteiger partial charge in [0.15, 0.2) is 5.82 Å². The van der Waals surface area contributed by atoms with Gasteiger partial charge < -0.3 is 11.1 Å². The molecular weight excluding hydrogens is 250 g/mol. The highest BCUT2D eigenvalue weighted by atomic mass is 32.1. The highest BCUT2D eigenvalue weighted by Gasteiger charge is 2.10. The summed E-state index contributed by atoms with van der Waals surface area (Å²) in [6.07, 6.45) is 3.64. The number of nitrogens with one attached hydrogen (secondary N) is 1. The number of unbranched alkanes of at least 4 members (excludes halogenated alkanes) is 2. The van der Waals surface area contributed by atoms with E-state index in [9.17, 15) is 0 Å². The van der Waals surface area contributed by atoms with Gasteiger partial charge in [-0.1, -0.05) is 37.2 Å². The van der Waals surface area contributed by atoms with Crippen LogP contribution in [-0.4, -0.2) is 11.5 Å². The summed E-state index contributed by atoms with van der Waals surface area (Å²) < 4.78 is 0. The molecule has 0 saturated heterocycles. The van der Waals surface area contributed by atoms with Crippen molar-refractivity contribution in [3.63, 3.8) is 0 Å². The smallest absolute Gasteiger partial charge is 0.161 e. The maximum atomic E-state index is 5.96. The average molecular weight is 267 g/mol. The van der Waals surface area contributed by atoms with Gasteiger partial charge in [0.2, 0.25) is 0 Å². The summed E-state index contributed by atoms with van der Waals surface area (Å²) in [7, 11) is 0. The largest absolute Gasteiger partial charge is 0.387 e. The number of nitrogens with zero attached hydrogens (tertiary/aromatic N) is 1. The van der Waals surface area contributed by atoms with Crippen molar-refractivity contribution in [2.75, 3.05) is 17.6 Å². The first-order valence-electron chi connectivity index (χ1n) is 5.85. The van der Waals surface area contributed by atoms with Gasteiger partial charge in [0.25, 0.3) is 0 Å². The van der Waals surface area contributed by atoms with E-state index in [2.05, 4.69) is 28.7 Å². The van der Waals surface area contributed by atoms with Gasteiger partial charge in [-0.3, -0.25) is 0 Å². The quantitative estimate of drug-likeness (QED) is 0.776. The van der Waals surface area contributed by atoms with Gasteiger partial charge in [0.05, 0.1) is 4.88 Å². The summed E-state index contributed by atoms with van der Waals surface area (Å²) in [5.41, 5.74) is 5.96. The molecule has 3 nitrogen and oxygen atoms in total. The molecule has 17 heavy (non-hydrogen) atoms. The molecule has 2 aromatic rings. The van der Waals surface area contributed by atoms with Crippen molar-refractivity contribution in [2.45, 2.75) is 26.2 Å². The van der Waals surface area contributed by atoms with Crippen molar-refractivity contribution in [3.8, 4) is 9.88 Å². The zero-order valence-corrected chi connectivity index (χ0v) is 11.5. The number of anilines is 2. The fourth-order valence-corrected chi connectivity index (χ4v) is 3.15. The summed E-state index contributed by atoms with van der Waals surface area (Å²) in [4.78, 5) is 5.73. The Hall–Kier alpha value is -1.07. The first kappa shape index (κ1) is 12.4. The predicted octanol–water partition coefficient (Wildman–Crippen LogP) is 4.06. The van der Waals surface area contributed by atoms with Gasteiger partial charge in [-0.2, -0.15) is 0 Å². The van der Waals surface area contributed by atoms with Crippen LogP contribution in [0.25, 0.3) is 9.88 Å². The lowest BCUT2D eigenvalue weighted by Gasteiger charge is -2.02. The zero-order chi connectivity index (χ0) is 12.1. The Morgan fingerprint density at radius 3 is 3.00 bits per heavy atom. The molecule has 92 valence electrons. The summed E-state index contributed by atoms with van der Waals surface area (Å²) in [6, 6.07) is 4.11. The van der Waals surface area contributed by atoms with Crippen LogP contribution in [0.1, 0.15) is 26.2 Å². The van der Waals surface area contributed by atoms with E-state index >= 15 is 0 Å². The molecular formula is C12H17N3S2. The highest BCUT2D eigenvalue weighted by Crippen LogP contribution is 2.35. The molecule has 0 bridgehead atoms. The lowest BCUT2D eigenvalue weighted by Crippen LogP contribution is -2.03. The number of rotatable bonds is 6. The van der Waals surface area contributed by atoms with E-state index in [1.165, 1.54) is 24.1 Å². The van der Waals surface area contributed by atoms with Crippen LogP contribution in [0.3, 0.4) is 0 Å². The standard InChI is InChI=1S/C12H17N3S2/c1-2-3-4-7-14-11-10(13)17-12(15-11)9-6-5-8-16-9/h5-6,8,14H,2-4,7,13H2,1H3. The van der Waals surface area contributed by atoms with E-state index in [0.717, 1.165) is 22.4 Å². The first-order valence-corrected chi connectivity index (χ1v) is 7.55. The van der Waals surface area contributed by atoms with E-state index in [4.69, 9.17) is 5.73 Å². The number of nitrogen functional groups attached to an aromatic ring is 1. The first-order chi connectivity index (χ1) is 8.31. The van der Waals surface area contributed by atoms with Crippen molar-refractivity contribution >= 4 is 33.5 Å². The fraction of sp³-hybridized carbons (Fsp3) is 0.417. The molecule has 2 rings (SSSR count). The molecule has 3 N–H and O–H groups in total. The van der Waals surface area contributed by atoms with E-state index in [0.29, 0.717) is 0 Å². The molecule has 0 aliphatic carbocycles. The zero-order valence-electron chi connectivity index (χ0n) is 9.90. The summed E-state index contributed by atoms with van der Waals surface area (Å²) >= 11 is 3.25. The molecule has 2 heterocycles. The minimum Gasteiger partial charge on any atom is -0.387 e. The van der Waals surface area contributed by atoms with Gasteiger partial charge in [0.1, 0.15) is 10.0 Å². The Morgan fingerprint density at radius 1 is 1.41 bits per heavy atom. The van der Waals surface area contributed by atoms with Crippen LogP contribution in [0.2, 0.25) is 0 Å². The van der Waals surface area contributed by atoms with Crippen molar-refractivity contribution in [3.05, 3.63) is 17.5 Å². The van der Waals surface area contributed by atoms with Crippen molar-refractivity contribution in [2.24, 2.45) is 0 Å². The molecule has 0 aromatic carbocycles. The van der Waals surface area contributed by atoms with Gasteiger partial charge in [-0.25, -0.2) is 4.98 Å². The second-order valence-corrected chi connectivity index (χ2v) is 5.82. The average Bonchev–Trinajstić information content (AvgIpc) is 2.94. The van der Waals surface area contributed by atoms with Crippen LogP contribution < -0.4 is 11.1 Å². The van der Waals surface area contributed by atoms with Crippen LogP contribution >= 0.6 is 22.7 Å². The van der Waals surface area contributed by atoms with Crippen LogP contribution in [0.5, 0.6) is 0 Å². The van der Waals surface area contributed by atoms with Gasteiger partial charge >= 0.3 is 0 Å². The van der Waals surface area contributed by atoms with Gasteiger partial charge in [-0.05, 0) is 17.9 Å². The molecule has 0 atom stereocenters. The Kier molecular flexibility index (Phi) is 4.39. The Bertz CT molecular complexity index is 448. The van der Waals surface area contributed by atoms with Gasteiger partial charge in [0, 0.05) is 6.54 Å². The van der Waals surface area contributed by atoms with E-state index in [1.807, 2.05) is 6.07 Å². The molecule has 2 aromatic heterocycles. The molecule has 0 aliphatic rings. The summed E-state index contributed by atoms with van der Waals surface area (Å²) in [6.45, 7) is 3.15. The van der Waals surface area contributed by atoms with Crippen LogP contribution in [0.4, 0.5) is 10.8 Å². The molecule has 0 unspecified atom stereocenters. The van der Waals surface area contributed by atoms with Crippen LogP contribution in [0.15, 0.2) is 17.5 Å². The number of aromatic nitrogens is 1. The van der Waals surface area contributed by atoms with Gasteiger partial charge in [-0.15, -0.1) is 11.3 Å². The SMILES string of the molecule is CCCCCNc1nc(-c2cccs2)sc1N.